The van der Waals surface area contributed by atoms with Gasteiger partial charge in [0.1, 0.15) is 16.5 Å². The van der Waals surface area contributed by atoms with E-state index in [0.717, 1.165) is 26.3 Å². The molecule has 0 aliphatic heterocycles. The number of hydrogen-bond donors (Lipinski definition) is 1. The summed E-state index contributed by atoms with van der Waals surface area (Å²) < 4.78 is 122. The Kier molecular flexibility index (Phi) is 7.09. The molecule has 32 heavy (non-hydrogen) atoms. The Labute approximate surface area is 177 Å². The summed E-state index contributed by atoms with van der Waals surface area (Å²) in [5, 5.41) is 1.81. The van der Waals surface area contributed by atoms with E-state index in [-0.39, 0.29) is 23.9 Å². The fourth-order valence-electron chi connectivity index (χ4n) is 2.53. The van der Waals surface area contributed by atoms with Gasteiger partial charge in [0.2, 0.25) is 15.9 Å². The summed E-state index contributed by atoms with van der Waals surface area (Å²) in [6.45, 7) is -1.00. The summed E-state index contributed by atoms with van der Waals surface area (Å²) in [4.78, 5) is 11.5. The Morgan fingerprint density at radius 3 is 2.00 bits per heavy atom. The molecule has 0 spiro atoms. The van der Waals surface area contributed by atoms with Gasteiger partial charge in [0.05, 0.1) is 24.8 Å². The van der Waals surface area contributed by atoms with Crippen LogP contribution in [0.3, 0.4) is 0 Å². The monoisotopic (exact) mass is 488 g/mol. The molecule has 6 nitrogen and oxygen atoms in total. The van der Waals surface area contributed by atoms with E-state index in [1.807, 2.05) is 5.32 Å². The van der Waals surface area contributed by atoms with Crippen LogP contribution in [0.25, 0.3) is 0 Å². The second-order valence-corrected chi connectivity index (χ2v) is 8.41. The number of amides is 1. The average molecular weight is 488 g/mol. The van der Waals surface area contributed by atoms with E-state index in [4.69, 9.17) is 4.74 Å². The fraction of sp³-hybridized carbons (Fsp3) is 0.278. The van der Waals surface area contributed by atoms with Crippen LogP contribution in [0.4, 0.5) is 36.4 Å². The fourth-order valence-corrected chi connectivity index (χ4v) is 3.82. The number of hydrogen-bond acceptors (Lipinski definition) is 4. The molecule has 0 saturated heterocycles. The van der Waals surface area contributed by atoms with Crippen molar-refractivity contribution in [3.8, 4) is 5.75 Å². The molecule has 0 fully saturated rings. The van der Waals surface area contributed by atoms with Gasteiger partial charge in [-0.25, -0.2) is 12.8 Å². The topological polar surface area (TPSA) is 75.7 Å². The molecule has 1 N–H and O–H groups in total. The van der Waals surface area contributed by atoms with Gasteiger partial charge in [-0.15, -0.1) is 0 Å². The molecular weight excluding hydrogens is 473 g/mol. The van der Waals surface area contributed by atoms with E-state index >= 15 is 0 Å². The van der Waals surface area contributed by atoms with Crippen molar-refractivity contribution in [2.75, 3.05) is 26.0 Å². The SMILES string of the molecule is COc1ccc(F)cc1S(=O)(=O)N(C)CC(=O)Nc1cc(C(F)(F)F)cc(C(F)(F)F)c1. The minimum absolute atomic E-state index is 0.123. The first-order valence-corrected chi connectivity index (χ1v) is 9.89. The second kappa shape index (κ2) is 8.94. The summed E-state index contributed by atoms with van der Waals surface area (Å²) in [6, 6.07) is 3.01. The van der Waals surface area contributed by atoms with Gasteiger partial charge in [-0.1, -0.05) is 0 Å². The highest BCUT2D eigenvalue weighted by Crippen LogP contribution is 2.37. The minimum atomic E-state index is -5.13. The first-order valence-electron chi connectivity index (χ1n) is 8.45. The van der Waals surface area contributed by atoms with Gasteiger partial charge in [-0.2, -0.15) is 30.6 Å². The largest absolute Gasteiger partial charge is 0.495 e. The van der Waals surface area contributed by atoms with E-state index in [1.54, 1.807) is 0 Å². The summed E-state index contributed by atoms with van der Waals surface area (Å²) in [7, 11) is -2.48. The van der Waals surface area contributed by atoms with Crippen LogP contribution in [-0.4, -0.2) is 39.3 Å². The maximum Gasteiger partial charge on any atom is 0.416 e. The number of nitrogens with zero attached hydrogens (tertiary/aromatic N) is 1. The Morgan fingerprint density at radius 2 is 1.53 bits per heavy atom. The molecule has 1 amide bonds. The van der Waals surface area contributed by atoms with Crippen LogP contribution in [0.5, 0.6) is 5.75 Å². The summed E-state index contributed by atoms with van der Waals surface area (Å²) in [5.74, 6) is -2.41. The quantitative estimate of drug-likeness (QED) is 0.621. The van der Waals surface area contributed by atoms with Crippen molar-refractivity contribution in [2.24, 2.45) is 0 Å². The highest BCUT2D eigenvalue weighted by molar-refractivity contribution is 7.89. The van der Waals surface area contributed by atoms with E-state index in [9.17, 15) is 43.9 Å². The van der Waals surface area contributed by atoms with Crippen molar-refractivity contribution in [1.82, 2.24) is 4.31 Å². The van der Waals surface area contributed by atoms with Gasteiger partial charge in [0.15, 0.2) is 0 Å². The maximum absolute atomic E-state index is 13.5. The van der Waals surface area contributed by atoms with Crippen LogP contribution in [0, 0.1) is 5.82 Å². The van der Waals surface area contributed by atoms with Gasteiger partial charge in [0.25, 0.3) is 0 Å². The van der Waals surface area contributed by atoms with Crippen molar-refractivity contribution in [3.05, 3.63) is 53.3 Å². The summed E-state index contributed by atoms with van der Waals surface area (Å²) >= 11 is 0. The number of methoxy groups -OCH3 is 1. The van der Waals surface area contributed by atoms with Crippen molar-refractivity contribution < 1.29 is 48.7 Å². The zero-order valence-corrected chi connectivity index (χ0v) is 17.1. The highest BCUT2D eigenvalue weighted by atomic mass is 32.2. The van der Waals surface area contributed by atoms with Crippen molar-refractivity contribution in [3.63, 3.8) is 0 Å². The highest BCUT2D eigenvalue weighted by Gasteiger charge is 2.37. The number of carbonyl (C=O) groups excluding carboxylic acids is 1. The van der Waals surface area contributed by atoms with Crippen LogP contribution < -0.4 is 10.1 Å². The summed E-state index contributed by atoms with van der Waals surface area (Å²) in [6.07, 6.45) is -10.3. The number of anilines is 1. The lowest BCUT2D eigenvalue weighted by atomic mass is 10.1. The predicted molar refractivity (Wildman–Crippen MR) is 97.8 cm³/mol. The number of alkyl halides is 6. The van der Waals surface area contributed by atoms with Crippen LogP contribution in [0.2, 0.25) is 0 Å². The van der Waals surface area contributed by atoms with Crippen molar-refractivity contribution >= 4 is 21.6 Å². The van der Waals surface area contributed by atoms with Gasteiger partial charge in [-0.05, 0) is 36.4 Å². The lowest BCUT2D eigenvalue weighted by Gasteiger charge is -2.19. The Hall–Kier alpha value is -2.87. The van der Waals surface area contributed by atoms with Crippen LogP contribution in [0.1, 0.15) is 11.1 Å². The Bertz CT molecular complexity index is 1080. The standard InChI is InChI=1S/C18H15F7N2O4S/c1-27(32(29,30)15-8-12(19)3-4-14(15)31-2)9-16(28)26-13-6-10(17(20,21)22)5-11(7-13)18(23,24)25/h3-8H,9H2,1-2H3,(H,26,28). The average Bonchev–Trinajstić information content (AvgIpc) is 2.66. The molecule has 2 aromatic rings. The molecule has 14 heteroatoms. The number of ether oxygens (including phenoxy) is 1. The molecule has 0 atom stereocenters. The van der Waals surface area contributed by atoms with Crippen LogP contribution >= 0.6 is 0 Å². The molecule has 0 unspecified atom stereocenters. The third kappa shape index (κ3) is 5.88. The first-order chi connectivity index (χ1) is 14.6. The molecule has 0 radical (unpaired) electrons. The number of likely N-dealkylation sites (N-methyl/N-ethyl adjacent to an activating group) is 1. The molecule has 176 valence electrons. The third-order valence-electron chi connectivity index (χ3n) is 4.05. The molecule has 0 aliphatic rings. The van der Waals surface area contributed by atoms with Crippen molar-refractivity contribution in [1.29, 1.82) is 0 Å². The number of halogens is 7. The van der Waals surface area contributed by atoms with E-state index in [1.165, 1.54) is 0 Å². The molecule has 0 heterocycles. The van der Waals surface area contributed by atoms with Gasteiger partial charge in [0, 0.05) is 12.7 Å². The number of sulfonamides is 1. The van der Waals surface area contributed by atoms with Gasteiger partial charge in [-0.3, -0.25) is 4.79 Å². The number of carbonyl (C=O) groups is 1. The molecule has 0 saturated carbocycles. The van der Waals surface area contributed by atoms with E-state index < -0.39 is 62.4 Å². The molecular formula is C18H15F7N2O4S. The minimum Gasteiger partial charge on any atom is -0.495 e. The zero-order valence-electron chi connectivity index (χ0n) is 16.3. The molecule has 2 rings (SSSR count). The smallest absolute Gasteiger partial charge is 0.416 e. The number of benzene rings is 2. The third-order valence-corrected chi connectivity index (χ3v) is 5.88. The van der Waals surface area contributed by atoms with Crippen molar-refractivity contribution in [2.45, 2.75) is 17.2 Å². The maximum atomic E-state index is 13.5. The normalized spacial score (nSPS) is 12.7. The predicted octanol–water partition coefficient (Wildman–Crippen LogP) is 4.13. The van der Waals surface area contributed by atoms with Gasteiger partial charge >= 0.3 is 12.4 Å². The number of rotatable bonds is 6. The molecule has 0 aliphatic carbocycles. The van der Waals surface area contributed by atoms with E-state index in [2.05, 4.69) is 0 Å². The summed E-state index contributed by atoms with van der Waals surface area (Å²) in [5.41, 5.74) is -4.16. The lowest BCUT2D eigenvalue weighted by molar-refractivity contribution is -0.143. The Morgan fingerprint density at radius 1 is 1.00 bits per heavy atom. The van der Waals surface area contributed by atoms with Crippen LogP contribution in [-0.2, 0) is 27.2 Å². The molecule has 0 bridgehead atoms. The second-order valence-electron chi connectivity index (χ2n) is 6.40. The zero-order chi connectivity index (χ0) is 24.5. The van der Waals surface area contributed by atoms with Crippen LogP contribution in [0.15, 0.2) is 41.3 Å². The first kappa shape index (κ1) is 25.4. The Balaban J connectivity index is 2.30. The van der Waals surface area contributed by atoms with Gasteiger partial charge < -0.3 is 10.1 Å². The molecule has 2 aromatic carbocycles. The lowest BCUT2D eigenvalue weighted by Crippen LogP contribution is -2.35. The van der Waals surface area contributed by atoms with E-state index in [0.29, 0.717) is 10.4 Å². The molecule has 0 aromatic heterocycles. The number of nitrogens with one attached hydrogen (secondary N) is 1.